The number of hydrogen-bond acceptors (Lipinski definition) is 2. The summed E-state index contributed by atoms with van der Waals surface area (Å²) in [5.41, 5.74) is 0.335. The molecular weight excluding hydrogens is 296 g/mol. The molecule has 0 heterocycles. The van der Waals surface area contributed by atoms with Crippen molar-refractivity contribution in [2.45, 2.75) is 71.6 Å². The number of aldehydes is 1. The lowest BCUT2D eigenvalue weighted by molar-refractivity contribution is -0.118. The average Bonchev–Trinajstić information content (AvgIpc) is 2.95. The van der Waals surface area contributed by atoms with Crippen LogP contribution in [0, 0.1) is 46.8 Å². The fourth-order valence-electron chi connectivity index (χ4n) is 7.65. The number of fused-ring (bicyclic) bond motifs is 5. The predicted molar refractivity (Wildman–Crippen MR) is 96.6 cm³/mol. The Morgan fingerprint density at radius 3 is 2.62 bits per heavy atom. The van der Waals surface area contributed by atoms with E-state index in [4.69, 9.17) is 4.74 Å². The third kappa shape index (κ3) is 2.68. The normalized spacial score (nSPS) is 50.7. The molecule has 2 nitrogen and oxygen atoms in total. The Kier molecular flexibility index (Phi) is 4.79. The minimum Gasteiger partial charge on any atom is -0.381 e. The zero-order valence-electron chi connectivity index (χ0n) is 15.7. The number of rotatable bonds is 4. The highest BCUT2D eigenvalue weighted by Crippen LogP contribution is 2.64. The molecule has 0 saturated heterocycles. The van der Waals surface area contributed by atoms with Crippen molar-refractivity contribution < 1.29 is 9.53 Å². The Bertz CT molecular complexity index is 461. The molecule has 8 unspecified atom stereocenters. The van der Waals surface area contributed by atoms with Crippen LogP contribution in [-0.4, -0.2) is 19.5 Å². The van der Waals surface area contributed by atoms with Crippen LogP contribution in [0.2, 0.25) is 0 Å². The second-order valence-electron chi connectivity index (χ2n) is 9.64. The monoisotopic (exact) mass is 332 g/mol. The van der Waals surface area contributed by atoms with Crippen molar-refractivity contribution in [3.8, 4) is 0 Å². The summed E-state index contributed by atoms with van der Waals surface area (Å²) >= 11 is 0. The highest BCUT2D eigenvalue weighted by Gasteiger charge is 2.56. The van der Waals surface area contributed by atoms with E-state index in [9.17, 15) is 4.79 Å². The molecule has 0 aromatic carbocycles. The fourth-order valence-corrected chi connectivity index (χ4v) is 7.65. The molecule has 136 valence electrons. The lowest BCUT2D eigenvalue weighted by atomic mass is 9.49. The minimum absolute atomic E-state index is 0.335. The summed E-state index contributed by atoms with van der Waals surface area (Å²) in [4.78, 5) is 11.6. The largest absolute Gasteiger partial charge is 0.381 e. The van der Waals surface area contributed by atoms with Crippen molar-refractivity contribution in [1.82, 2.24) is 0 Å². The molecule has 0 spiro atoms. The van der Waals surface area contributed by atoms with Crippen LogP contribution in [0.25, 0.3) is 0 Å². The maximum Gasteiger partial charge on any atom is 0.123 e. The highest BCUT2D eigenvalue weighted by atomic mass is 16.5. The molecule has 0 aromatic heterocycles. The average molecular weight is 333 g/mol. The van der Waals surface area contributed by atoms with Crippen LogP contribution in [0.4, 0.5) is 0 Å². The summed E-state index contributed by atoms with van der Waals surface area (Å²) in [7, 11) is 0. The van der Waals surface area contributed by atoms with Gasteiger partial charge in [-0.3, -0.25) is 0 Å². The number of ether oxygens (including phenoxy) is 1. The Morgan fingerprint density at radius 2 is 1.83 bits per heavy atom. The van der Waals surface area contributed by atoms with Gasteiger partial charge in [-0.15, -0.1) is 0 Å². The van der Waals surface area contributed by atoms with Gasteiger partial charge >= 0.3 is 0 Å². The van der Waals surface area contributed by atoms with Crippen LogP contribution < -0.4 is 0 Å². The van der Waals surface area contributed by atoms with Crippen molar-refractivity contribution in [2.24, 2.45) is 46.8 Å². The van der Waals surface area contributed by atoms with Crippen molar-refractivity contribution in [3.63, 3.8) is 0 Å². The molecule has 4 rings (SSSR count). The molecule has 4 aliphatic rings. The van der Waals surface area contributed by atoms with Gasteiger partial charge in [0.05, 0.1) is 0 Å². The Morgan fingerprint density at radius 1 is 1.00 bits per heavy atom. The van der Waals surface area contributed by atoms with E-state index >= 15 is 0 Å². The summed E-state index contributed by atoms with van der Waals surface area (Å²) in [6, 6.07) is 0. The van der Waals surface area contributed by atoms with Crippen molar-refractivity contribution in [3.05, 3.63) is 0 Å². The Labute approximate surface area is 148 Å². The molecule has 0 N–H and O–H groups in total. The van der Waals surface area contributed by atoms with Gasteiger partial charge in [-0.2, -0.15) is 0 Å². The molecule has 24 heavy (non-hydrogen) atoms. The lowest BCUT2D eigenvalue weighted by Gasteiger charge is -2.56. The van der Waals surface area contributed by atoms with E-state index in [-0.39, 0.29) is 0 Å². The van der Waals surface area contributed by atoms with Crippen LogP contribution in [-0.2, 0) is 9.53 Å². The van der Waals surface area contributed by atoms with Crippen LogP contribution in [0.1, 0.15) is 71.6 Å². The maximum absolute atomic E-state index is 11.6. The van der Waals surface area contributed by atoms with Gasteiger partial charge in [0.2, 0.25) is 0 Å². The summed E-state index contributed by atoms with van der Waals surface area (Å²) < 4.78 is 5.72. The molecule has 4 fully saturated rings. The summed E-state index contributed by atoms with van der Waals surface area (Å²) in [6.45, 7) is 6.43. The summed E-state index contributed by atoms with van der Waals surface area (Å²) in [6.07, 6.45) is 13.7. The van der Waals surface area contributed by atoms with Gasteiger partial charge in [-0.1, -0.05) is 6.92 Å². The van der Waals surface area contributed by atoms with Gasteiger partial charge in [0.15, 0.2) is 0 Å². The first-order valence-electron chi connectivity index (χ1n) is 10.7. The van der Waals surface area contributed by atoms with Gasteiger partial charge in [0.25, 0.3) is 0 Å². The zero-order valence-corrected chi connectivity index (χ0v) is 15.7. The van der Waals surface area contributed by atoms with Crippen LogP contribution >= 0.6 is 0 Å². The van der Waals surface area contributed by atoms with E-state index in [0.717, 1.165) is 48.7 Å². The molecule has 8 atom stereocenters. The fraction of sp³-hybridized carbons (Fsp3) is 0.955. The molecular formula is C22H36O2. The second kappa shape index (κ2) is 6.74. The highest BCUT2D eigenvalue weighted by molar-refractivity contribution is 5.56. The topological polar surface area (TPSA) is 26.3 Å². The first-order valence-corrected chi connectivity index (χ1v) is 10.7. The zero-order chi connectivity index (χ0) is 16.7. The van der Waals surface area contributed by atoms with Gasteiger partial charge < -0.3 is 9.53 Å². The SMILES string of the molecule is CCOCC1CCC2C(CCC3C2CCC2(C)C(C=O)CCC32)C1. The van der Waals surface area contributed by atoms with Gasteiger partial charge in [-0.25, -0.2) is 0 Å². The quantitative estimate of drug-likeness (QED) is 0.669. The number of carbonyl (C=O) groups excluding carboxylic acids is 1. The Hall–Kier alpha value is -0.370. The molecule has 0 bridgehead atoms. The van der Waals surface area contributed by atoms with E-state index in [0.29, 0.717) is 11.3 Å². The molecule has 0 amide bonds. The van der Waals surface area contributed by atoms with Gasteiger partial charge in [0, 0.05) is 19.1 Å². The number of carbonyl (C=O) groups is 1. The minimum atomic E-state index is 0.335. The van der Waals surface area contributed by atoms with Crippen LogP contribution in [0.5, 0.6) is 0 Å². The lowest BCUT2D eigenvalue weighted by Crippen LogP contribution is -2.48. The second-order valence-corrected chi connectivity index (χ2v) is 9.64. The summed E-state index contributed by atoms with van der Waals surface area (Å²) in [5.74, 6) is 5.87. The van der Waals surface area contributed by atoms with E-state index in [1.54, 1.807) is 0 Å². The standard InChI is InChI=1S/C22H36O2/c1-3-24-14-15-4-7-18-16(12-15)5-8-20-19(18)10-11-22(2)17(13-23)6-9-21(20)22/h13,15-21H,3-12,14H2,1-2H3. The van der Waals surface area contributed by atoms with Crippen molar-refractivity contribution in [2.75, 3.05) is 13.2 Å². The molecule has 0 aromatic rings. The third-order valence-corrected chi connectivity index (χ3v) is 8.86. The van der Waals surface area contributed by atoms with Crippen LogP contribution in [0.3, 0.4) is 0 Å². The smallest absolute Gasteiger partial charge is 0.123 e. The Balaban J connectivity index is 1.45. The number of hydrogen-bond donors (Lipinski definition) is 0. The third-order valence-electron chi connectivity index (χ3n) is 8.86. The van der Waals surface area contributed by atoms with E-state index in [1.807, 2.05) is 0 Å². The molecule has 4 saturated carbocycles. The molecule has 4 aliphatic carbocycles. The predicted octanol–water partition coefficient (Wildman–Crippen LogP) is 5.11. The van der Waals surface area contributed by atoms with Gasteiger partial charge in [0.1, 0.15) is 6.29 Å². The van der Waals surface area contributed by atoms with Crippen molar-refractivity contribution >= 4 is 6.29 Å². The van der Waals surface area contributed by atoms with E-state index in [1.165, 1.54) is 64.1 Å². The first-order chi connectivity index (χ1) is 11.7. The van der Waals surface area contributed by atoms with Crippen molar-refractivity contribution in [1.29, 1.82) is 0 Å². The van der Waals surface area contributed by atoms with E-state index < -0.39 is 0 Å². The van der Waals surface area contributed by atoms with E-state index in [2.05, 4.69) is 13.8 Å². The molecule has 0 aliphatic heterocycles. The van der Waals surface area contributed by atoms with Crippen LogP contribution in [0.15, 0.2) is 0 Å². The van der Waals surface area contributed by atoms with Gasteiger partial charge in [-0.05, 0) is 106 Å². The maximum atomic E-state index is 11.6. The first kappa shape index (κ1) is 17.1. The summed E-state index contributed by atoms with van der Waals surface area (Å²) in [5, 5.41) is 0. The molecule has 2 heteroatoms. The molecule has 0 radical (unpaired) electrons.